The van der Waals surface area contributed by atoms with Crippen LogP contribution in [0.1, 0.15) is 38.9 Å². The molecule has 0 saturated heterocycles. The molecule has 2 atom stereocenters. The summed E-state index contributed by atoms with van der Waals surface area (Å²) in [5.41, 5.74) is 0. The Labute approximate surface area is 99.8 Å². The van der Waals surface area contributed by atoms with Gasteiger partial charge in [0.2, 0.25) is 0 Å². The summed E-state index contributed by atoms with van der Waals surface area (Å²) in [6, 6.07) is 0.408. The van der Waals surface area contributed by atoms with Crippen molar-refractivity contribution in [2.24, 2.45) is 0 Å². The lowest BCUT2D eigenvalue weighted by Gasteiger charge is -2.19. The molecule has 0 bridgehead atoms. The molecule has 3 nitrogen and oxygen atoms in total. The summed E-state index contributed by atoms with van der Waals surface area (Å²) in [6.07, 6.45) is 4.75. The number of nitrogens with zero attached hydrogens (tertiary/aromatic N) is 2. The van der Waals surface area contributed by atoms with E-state index in [0.29, 0.717) is 12.0 Å². The first-order valence-electron chi connectivity index (χ1n) is 5.36. The van der Waals surface area contributed by atoms with Gasteiger partial charge in [-0.2, -0.15) is 0 Å². The van der Waals surface area contributed by atoms with Gasteiger partial charge < -0.3 is 5.32 Å². The molecule has 0 spiro atoms. The molecule has 1 N–H and O–H groups in total. The first-order chi connectivity index (χ1) is 7.15. The molecule has 1 rings (SSSR count). The molecular formula is C11H18BrN3. The van der Waals surface area contributed by atoms with Gasteiger partial charge in [0.15, 0.2) is 0 Å². The molecular weight excluding hydrogens is 254 g/mol. The summed E-state index contributed by atoms with van der Waals surface area (Å²) in [5.74, 6) is 1.24. The Bertz CT molecular complexity index is 286. The summed E-state index contributed by atoms with van der Waals surface area (Å²) in [5, 5.41) is 3.45. The maximum atomic E-state index is 4.31. The van der Waals surface area contributed by atoms with Gasteiger partial charge in [-0.05, 0) is 35.8 Å². The van der Waals surface area contributed by atoms with Crippen LogP contribution in [-0.4, -0.2) is 22.6 Å². The topological polar surface area (TPSA) is 37.8 Å². The predicted octanol–water partition coefficient (Wildman–Crippen LogP) is 2.73. The number of hydrogen-bond donors (Lipinski definition) is 1. The van der Waals surface area contributed by atoms with E-state index in [9.17, 15) is 0 Å². The molecule has 4 heteroatoms. The van der Waals surface area contributed by atoms with Gasteiger partial charge in [-0.1, -0.05) is 13.8 Å². The highest BCUT2D eigenvalue weighted by Crippen LogP contribution is 2.15. The zero-order valence-corrected chi connectivity index (χ0v) is 11.1. The van der Waals surface area contributed by atoms with E-state index in [0.717, 1.165) is 23.3 Å². The van der Waals surface area contributed by atoms with Gasteiger partial charge in [-0.3, -0.25) is 0 Å². The lowest BCUT2D eigenvalue weighted by Crippen LogP contribution is -2.32. The Morgan fingerprint density at radius 3 is 2.47 bits per heavy atom. The van der Waals surface area contributed by atoms with Crippen LogP contribution in [0.4, 0.5) is 0 Å². The Hall–Kier alpha value is -0.480. The molecule has 0 amide bonds. The highest BCUT2D eigenvalue weighted by atomic mass is 79.9. The Balaban J connectivity index is 2.59. The van der Waals surface area contributed by atoms with E-state index in [4.69, 9.17) is 0 Å². The van der Waals surface area contributed by atoms with E-state index in [1.807, 2.05) is 0 Å². The molecule has 0 fully saturated rings. The van der Waals surface area contributed by atoms with Gasteiger partial charge in [0.25, 0.3) is 0 Å². The Kier molecular flexibility index (Phi) is 5.19. The molecule has 84 valence electrons. The van der Waals surface area contributed by atoms with Crippen molar-refractivity contribution in [2.75, 3.05) is 6.54 Å². The minimum absolute atomic E-state index is 0.338. The van der Waals surface area contributed by atoms with Crippen LogP contribution >= 0.6 is 15.9 Å². The van der Waals surface area contributed by atoms with E-state index in [-0.39, 0.29) is 0 Å². The average Bonchev–Trinajstić information content (AvgIpc) is 2.26. The van der Waals surface area contributed by atoms with Crippen molar-refractivity contribution in [1.82, 2.24) is 15.3 Å². The lowest BCUT2D eigenvalue weighted by atomic mass is 10.0. The van der Waals surface area contributed by atoms with Crippen LogP contribution in [0, 0.1) is 0 Å². The Morgan fingerprint density at radius 2 is 1.93 bits per heavy atom. The van der Waals surface area contributed by atoms with Crippen LogP contribution in [0.3, 0.4) is 0 Å². The van der Waals surface area contributed by atoms with Crippen LogP contribution in [0.2, 0.25) is 0 Å². The first-order valence-corrected chi connectivity index (χ1v) is 6.15. The number of aromatic nitrogens is 2. The number of halogens is 1. The molecule has 15 heavy (non-hydrogen) atoms. The maximum Gasteiger partial charge on any atom is 0.132 e. The van der Waals surface area contributed by atoms with Crippen LogP contribution < -0.4 is 5.32 Å². The van der Waals surface area contributed by atoms with E-state index in [2.05, 4.69) is 52.0 Å². The van der Waals surface area contributed by atoms with Crippen molar-refractivity contribution in [1.29, 1.82) is 0 Å². The molecule has 0 radical (unpaired) electrons. The maximum absolute atomic E-state index is 4.31. The highest BCUT2D eigenvalue weighted by molar-refractivity contribution is 9.10. The third kappa shape index (κ3) is 3.87. The fourth-order valence-electron chi connectivity index (χ4n) is 1.33. The van der Waals surface area contributed by atoms with E-state index >= 15 is 0 Å². The quantitative estimate of drug-likeness (QED) is 0.895. The minimum atomic E-state index is 0.338. The predicted molar refractivity (Wildman–Crippen MR) is 65.9 cm³/mol. The normalized spacial score (nSPS) is 14.9. The minimum Gasteiger partial charge on any atom is -0.314 e. The van der Waals surface area contributed by atoms with Gasteiger partial charge >= 0.3 is 0 Å². The van der Waals surface area contributed by atoms with Crippen LogP contribution in [0.5, 0.6) is 0 Å². The van der Waals surface area contributed by atoms with Gasteiger partial charge in [0.1, 0.15) is 5.82 Å². The molecule has 0 aromatic carbocycles. The number of rotatable bonds is 5. The van der Waals surface area contributed by atoms with Crippen molar-refractivity contribution in [3.05, 3.63) is 22.7 Å². The standard InChI is InChI=1S/C11H18BrN3/c1-4-5-13-9(3)8(2)11-14-6-10(12)7-15-11/h6-9,13H,4-5H2,1-3H3. The highest BCUT2D eigenvalue weighted by Gasteiger charge is 2.15. The van der Waals surface area contributed by atoms with E-state index in [1.165, 1.54) is 0 Å². The van der Waals surface area contributed by atoms with E-state index in [1.54, 1.807) is 12.4 Å². The molecule has 1 aromatic rings. The molecule has 0 aliphatic heterocycles. The molecule has 0 aliphatic rings. The van der Waals surface area contributed by atoms with Crippen LogP contribution in [0.15, 0.2) is 16.9 Å². The summed E-state index contributed by atoms with van der Waals surface area (Å²) < 4.78 is 0.924. The van der Waals surface area contributed by atoms with Crippen molar-refractivity contribution in [3.63, 3.8) is 0 Å². The second kappa shape index (κ2) is 6.18. The van der Waals surface area contributed by atoms with E-state index < -0.39 is 0 Å². The fourth-order valence-corrected chi connectivity index (χ4v) is 1.53. The lowest BCUT2D eigenvalue weighted by molar-refractivity contribution is 0.466. The second-order valence-corrected chi connectivity index (χ2v) is 4.71. The van der Waals surface area contributed by atoms with Gasteiger partial charge in [-0.25, -0.2) is 9.97 Å². The van der Waals surface area contributed by atoms with Gasteiger partial charge in [0, 0.05) is 24.4 Å². The van der Waals surface area contributed by atoms with Crippen molar-refractivity contribution in [3.8, 4) is 0 Å². The SMILES string of the molecule is CCCNC(C)C(C)c1ncc(Br)cn1. The van der Waals surface area contributed by atoms with Crippen LogP contribution in [-0.2, 0) is 0 Å². The van der Waals surface area contributed by atoms with Gasteiger partial charge in [-0.15, -0.1) is 0 Å². The van der Waals surface area contributed by atoms with Crippen molar-refractivity contribution < 1.29 is 0 Å². The average molecular weight is 272 g/mol. The largest absolute Gasteiger partial charge is 0.314 e. The van der Waals surface area contributed by atoms with Crippen LogP contribution in [0.25, 0.3) is 0 Å². The summed E-state index contributed by atoms with van der Waals surface area (Å²) in [7, 11) is 0. The van der Waals surface area contributed by atoms with Crippen molar-refractivity contribution >= 4 is 15.9 Å². The smallest absolute Gasteiger partial charge is 0.132 e. The monoisotopic (exact) mass is 271 g/mol. The molecule has 2 unspecified atom stereocenters. The molecule has 0 aliphatic carbocycles. The Morgan fingerprint density at radius 1 is 1.33 bits per heavy atom. The summed E-state index contributed by atoms with van der Waals surface area (Å²) >= 11 is 3.33. The zero-order chi connectivity index (χ0) is 11.3. The number of nitrogens with one attached hydrogen (secondary N) is 1. The number of hydrogen-bond acceptors (Lipinski definition) is 3. The molecule has 1 aromatic heterocycles. The fraction of sp³-hybridized carbons (Fsp3) is 0.636. The third-order valence-corrected chi connectivity index (χ3v) is 2.92. The van der Waals surface area contributed by atoms with Gasteiger partial charge in [0.05, 0.1) is 4.47 Å². The second-order valence-electron chi connectivity index (χ2n) is 3.79. The summed E-state index contributed by atoms with van der Waals surface area (Å²) in [4.78, 5) is 8.62. The molecule has 0 saturated carbocycles. The molecule has 1 heterocycles. The van der Waals surface area contributed by atoms with Crippen molar-refractivity contribution in [2.45, 2.75) is 39.2 Å². The first kappa shape index (κ1) is 12.6. The third-order valence-electron chi connectivity index (χ3n) is 2.51. The summed E-state index contributed by atoms with van der Waals surface area (Å²) in [6.45, 7) is 7.53. The zero-order valence-electron chi connectivity index (χ0n) is 9.50.